The number of nitrogens with two attached hydrogens (primary N) is 1. The minimum absolute atomic E-state index is 0.128. The Morgan fingerprint density at radius 3 is 2.48 bits per heavy atom. The Kier molecular flexibility index (Phi) is 7.40. The summed E-state index contributed by atoms with van der Waals surface area (Å²) in [5, 5.41) is 14.9. The average Bonchev–Trinajstić information content (AvgIpc) is 3.29. The molecular weight excluding hydrogens is 531 g/mol. The molecule has 2 fully saturated rings. The Hall–Kier alpha value is -3.78. The molecule has 5 rings (SSSR count). The van der Waals surface area contributed by atoms with Crippen molar-refractivity contribution in [2.24, 2.45) is 17.1 Å². The molecule has 3 atom stereocenters. The number of hydrogen-bond donors (Lipinski definition) is 1. The van der Waals surface area contributed by atoms with E-state index >= 15 is 0 Å². The average molecular weight is 565 g/mol. The Morgan fingerprint density at radius 2 is 1.88 bits per heavy atom. The van der Waals surface area contributed by atoms with Crippen LogP contribution in [0.1, 0.15) is 49.9 Å². The number of anilines is 1. The number of carbonyl (C=O) groups excluding carboxylic acids is 1. The summed E-state index contributed by atoms with van der Waals surface area (Å²) in [4.78, 5) is 19.4. The van der Waals surface area contributed by atoms with E-state index in [9.17, 15) is 22.9 Å². The van der Waals surface area contributed by atoms with Crippen LogP contribution in [0.4, 0.5) is 10.1 Å². The van der Waals surface area contributed by atoms with Crippen LogP contribution >= 0.6 is 0 Å². The highest BCUT2D eigenvalue weighted by Crippen LogP contribution is 2.53. The van der Waals surface area contributed by atoms with Crippen LogP contribution in [-0.2, 0) is 14.6 Å². The van der Waals surface area contributed by atoms with E-state index < -0.39 is 38.8 Å². The van der Waals surface area contributed by atoms with Gasteiger partial charge in [0.25, 0.3) is 0 Å². The first-order valence-electron chi connectivity index (χ1n) is 13.5. The van der Waals surface area contributed by atoms with Gasteiger partial charge in [0.1, 0.15) is 5.82 Å². The molecular formula is C29H33FN6O3S. The summed E-state index contributed by atoms with van der Waals surface area (Å²) in [5.74, 6) is -1.28. The first-order chi connectivity index (χ1) is 19.1. The van der Waals surface area contributed by atoms with Crippen molar-refractivity contribution >= 4 is 21.4 Å². The van der Waals surface area contributed by atoms with Crippen molar-refractivity contribution in [2.75, 3.05) is 29.5 Å². The summed E-state index contributed by atoms with van der Waals surface area (Å²) in [6.07, 6.45) is 3.94. The van der Waals surface area contributed by atoms with Crippen LogP contribution < -0.4 is 10.6 Å². The van der Waals surface area contributed by atoms with E-state index in [2.05, 4.69) is 16.0 Å². The molecule has 0 spiro atoms. The zero-order chi connectivity index (χ0) is 28.7. The van der Waals surface area contributed by atoms with Crippen LogP contribution in [0, 0.1) is 35.4 Å². The van der Waals surface area contributed by atoms with Crippen LogP contribution in [0.25, 0.3) is 16.9 Å². The van der Waals surface area contributed by atoms with Crippen molar-refractivity contribution in [1.29, 1.82) is 5.26 Å². The van der Waals surface area contributed by atoms with Crippen molar-refractivity contribution in [3.8, 4) is 23.0 Å². The smallest absolute Gasteiger partial charge is 0.225 e. The number of halogens is 1. The first kappa shape index (κ1) is 27.8. The second-order valence-corrected chi connectivity index (χ2v) is 13.1. The molecule has 1 saturated carbocycles. The predicted molar refractivity (Wildman–Crippen MR) is 150 cm³/mol. The maximum Gasteiger partial charge on any atom is 0.225 e. The lowest BCUT2D eigenvalue weighted by molar-refractivity contribution is -0.133. The SMILES string of the molecule is Cc1c(-c2ccc(N3CCS(=O)(=O)CC3)cc2)c(C2CCCCC2(C(N)=O)[C@H](C)C#N)nn1-c1ccc(F)cn1. The lowest BCUT2D eigenvalue weighted by atomic mass is 9.58. The largest absolute Gasteiger partial charge is 0.369 e. The van der Waals surface area contributed by atoms with Gasteiger partial charge >= 0.3 is 0 Å². The van der Waals surface area contributed by atoms with Gasteiger partial charge in [0.2, 0.25) is 5.91 Å². The fourth-order valence-electron chi connectivity index (χ4n) is 6.37. The number of primary amides is 1. The van der Waals surface area contributed by atoms with Gasteiger partial charge in [-0.15, -0.1) is 0 Å². The minimum Gasteiger partial charge on any atom is -0.369 e. The number of carbonyl (C=O) groups is 1. The molecule has 0 bridgehead atoms. The lowest BCUT2D eigenvalue weighted by Crippen LogP contribution is -2.48. The summed E-state index contributed by atoms with van der Waals surface area (Å²) in [5.41, 5.74) is 9.02. The molecule has 1 saturated heterocycles. The van der Waals surface area contributed by atoms with Crippen LogP contribution in [0.3, 0.4) is 0 Å². The van der Waals surface area contributed by atoms with Crippen molar-refractivity contribution in [3.63, 3.8) is 0 Å². The van der Waals surface area contributed by atoms with Gasteiger partial charge in [0.05, 0.1) is 46.5 Å². The Balaban J connectivity index is 1.64. The number of pyridine rings is 1. The third-order valence-corrected chi connectivity index (χ3v) is 10.3. The summed E-state index contributed by atoms with van der Waals surface area (Å²) in [6, 6.07) is 13.0. The van der Waals surface area contributed by atoms with Gasteiger partial charge in [-0.25, -0.2) is 22.5 Å². The fourth-order valence-corrected chi connectivity index (χ4v) is 7.57. The standard InChI is InChI=1S/C29H33FN6O3S/c1-19(17-31)29(28(32)37)12-4-3-5-24(29)27-26(20(2)36(34-27)25-11-8-22(30)18-33-25)21-6-9-23(10-7-21)35-13-15-40(38,39)16-14-35/h6-11,18-19,24H,3-5,12-16H2,1-2H3,(H2,32,37)/t19-,24?,29?/m1/s1. The molecule has 2 unspecified atom stereocenters. The molecule has 1 aromatic carbocycles. The van der Waals surface area contributed by atoms with Gasteiger partial charge in [-0.05, 0) is 56.5 Å². The van der Waals surface area contributed by atoms with Gasteiger partial charge in [-0.2, -0.15) is 10.4 Å². The van der Waals surface area contributed by atoms with Gasteiger partial charge < -0.3 is 10.6 Å². The van der Waals surface area contributed by atoms with Crippen molar-refractivity contribution < 1.29 is 17.6 Å². The summed E-state index contributed by atoms with van der Waals surface area (Å²) >= 11 is 0. The molecule has 1 amide bonds. The highest BCUT2D eigenvalue weighted by Gasteiger charge is 2.52. The van der Waals surface area contributed by atoms with E-state index in [0.717, 1.165) is 41.5 Å². The molecule has 3 heterocycles. The molecule has 2 N–H and O–H groups in total. The molecule has 9 nitrogen and oxygen atoms in total. The number of sulfone groups is 1. The number of amides is 1. The molecule has 11 heteroatoms. The van der Waals surface area contributed by atoms with Gasteiger partial charge in [0.15, 0.2) is 15.7 Å². The van der Waals surface area contributed by atoms with E-state index in [1.165, 1.54) is 6.07 Å². The molecule has 210 valence electrons. The molecule has 2 aliphatic rings. The first-order valence-corrected chi connectivity index (χ1v) is 15.4. The van der Waals surface area contributed by atoms with Crippen LogP contribution in [0.2, 0.25) is 0 Å². The lowest BCUT2D eigenvalue weighted by Gasteiger charge is -2.43. The van der Waals surface area contributed by atoms with Crippen molar-refractivity contribution in [3.05, 3.63) is 59.8 Å². The third-order valence-electron chi connectivity index (χ3n) is 8.65. The van der Waals surface area contributed by atoms with Gasteiger partial charge in [-0.1, -0.05) is 25.0 Å². The zero-order valence-corrected chi connectivity index (χ0v) is 23.5. The van der Waals surface area contributed by atoms with E-state index in [1.807, 2.05) is 31.2 Å². The molecule has 3 aromatic rings. The Labute approximate surface area is 233 Å². The molecule has 2 aromatic heterocycles. The molecule has 1 aliphatic carbocycles. The summed E-state index contributed by atoms with van der Waals surface area (Å²) in [6.45, 7) is 4.54. The number of nitriles is 1. The van der Waals surface area contributed by atoms with Gasteiger partial charge in [0, 0.05) is 30.3 Å². The number of benzene rings is 1. The number of nitrogens with zero attached hydrogens (tertiary/aromatic N) is 5. The van der Waals surface area contributed by atoms with Crippen molar-refractivity contribution in [1.82, 2.24) is 14.8 Å². The second kappa shape index (κ2) is 10.7. The number of aromatic nitrogens is 3. The summed E-state index contributed by atoms with van der Waals surface area (Å²) < 4.78 is 39.1. The maximum absolute atomic E-state index is 13.7. The Bertz CT molecular complexity index is 1550. The Morgan fingerprint density at radius 1 is 1.18 bits per heavy atom. The van der Waals surface area contributed by atoms with Crippen LogP contribution in [0.5, 0.6) is 0 Å². The number of hydrogen-bond acceptors (Lipinski definition) is 7. The molecule has 0 radical (unpaired) electrons. The third kappa shape index (κ3) is 4.85. The maximum atomic E-state index is 13.7. The van der Waals surface area contributed by atoms with Crippen LogP contribution in [-0.4, -0.2) is 53.7 Å². The highest BCUT2D eigenvalue weighted by molar-refractivity contribution is 7.91. The van der Waals surface area contributed by atoms with E-state index in [1.54, 1.807) is 17.7 Å². The normalized spacial score (nSPS) is 23.4. The highest BCUT2D eigenvalue weighted by atomic mass is 32.2. The van der Waals surface area contributed by atoms with Crippen LogP contribution in [0.15, 0.2) is 42.6 Å². The summed E-state index contributed by atoms with van der Waals surface area (Å²) in [7, 11) is -3.00. The predicted octanol–water partition coefficient (Wildman–Crippen LogP) is 3.91. The van der Waals surface area contributed by atoms with E-state index in [4.69, 9.17) is 10.8 Å². The zero-order valence-electron chi connectivity index (χ0n) is 22.7. The quantitative estimate of drug-likeness (QED) is 0.480. The van der Waals surface area contributed by atoms with Crippen molar-refractivity contribution in [2.45, 2.75) is 45.4 Å². The van der Waals surface area contributed by atoms with E-state index in [0.29, 0.717) is 37.4 Å². The van der Waals surface area contributed by atoms with E-state index in [-0.39, 0.29) is 11.5 Å². The monoisotopic (exact) mass is 564 g/mol. The molecule has 40 heavy (non-hydrogen) atoms. The fraction of sp³-hybridized carbons (Fsp3) is 0.448. The number of rotatable bonds is 6. The van der Waals surface area contributed by atoms with Gasteiger partial charge in [-0.3, -0.25) is 4.79 Å². The topological polar surface area (TPSA) is 135 Å². The second-order valence-electron chi connectivity index (χ2n) is 10.8. The minimum atomic E-state index is -3.00. The molecule has 1 aliphatic heterocycles.